The zero-order chi connectivity index (χ0) is 12.2. The summed E-state index contributed by atoms with van der Waals surface area (Å²) in [4.78, 5) is 13.4. The highest BCUT2D eigenvalue weighted by Crippen LogP contribution is 2.29. The van der Waals surface area contributed by atoms with Gasteiger partial charge in [-0.15, -0.1) is 0 Å². The van der Waals surface area contributed by atoms with E-state index in [-0.39, 0.29) is 0 Å². The number of aliphatic hydroxyl groups excluding tert-OH is 1. The molecule has 0 radical (unpaired) electrons. The second-order valence-electron chi connectivity index (χ2n) is 3.44. The first-order valence-corrected chi connectivity index (χ1v) is 4.55. The summed E-state index contributed by atoms with van der Waals surface area (Å²) in [5.74, 6) is -1.43. The van der Waals surface area contributed by atoms with E-state index in [9.17, 15) is 9.90 Å². The summed E-state index contributed by atoms with van der Waals surface area (Å²) in [5, 5.41) is 21.7. The highest BCUT2D eigenvalue weighted by molar-refractivity contribution is 5.74. The highest BCUT2D eigenvalue weighted by atomic mass is 16.4. The molecule has 0 spiro atoms. The Bertz CT molecular complexity index is 428. The molecule has 84 valence electrons. The van der Waals surface area contributed by atoms with Crippen LogP contribution in [0.4, 0.5) is 0 Å². The molecule has 0 aliphatic heterocycles. The Morgan fingerprint density at radius 3 is 2.50 bits per heavy atom. The Balaban J connectivity index is 3.27. The van der Waals surface area contributed by atoms with Crippen molar-refractivity contribution in [3.05, 3.63) is 46.3 Å². The van der Waals surface area contributed by atoms with Crippen molar-refractivity contribution in [3.8, 4) is 0 Å². The molecule has 2 atom stereocenters. The van der Waals surface area contributed by atoms with E-state index < -0.39 is 17.6 Å². The second-order valence-corrected chi connectivity index (χ2v) is 3.44. The molecule has 2 N–H and O–H groups in total. The lowest BCUT2D eigenvalue weighted by Crippen LogP contribution is -2.40. The second kappa shape index (κ2) is 4.65. The zero-order valence-corrected chi connectivity index (χ0v) is 8.61. The van der Waals surface area contributed by atoms with Crippen LogP contribution >= 0.6 is 0 Å². The lowest BCUT2D eigenvalue weighted by atomic mass is 9.87. The lowest BCUT2D eigenvalue weighted by Gasteiger charge is -2.27. The molecule has 0 amide bonds. The van der Waals surface area contributed by atoms with Gasteiger partial charge in [0.1, 0.15) is 5.54 Å². The number of hydrogen-bond acceptors (Lipinski definition) is 3. The summed E-state index contributed by atoms with van der Waals surface area (Å²) in [6, 6.07) is 8.29. The van der Waals surface area contributed by atoms with Gasteiger partial charge in [-0.1, -0.05) is 35.4 Å². The average Bonchev–Trinajstić information content (AvgIpc) is 2.29. The van der Waals surface area contributed by atoms with Crippen LogP contribution in [0.2, 0.25) is 0 Å². The fourth-order valence-corrected chi connectivity index (χ4v) is 1.38. The maximum absolute atomic E-state index is 10.8. The smallest absolute Gasteiger partial charge is 0.333 e. The first-order valence-electron chi connectivity index (χ1n) is 4.55. The number of benzene rings is 1. The predicted molar refractivity (Wildman–Crippen MR) is 56.6 cm³/mol. The van der Waals surface area contributed by atoms with Gasteiger partial charge in [-0.3, -0.25) is 0 Å². The van der Waals surface area contributed by atoms with Crippen molar-refractivity contribution in [1.29, 1.82) is 0 Å². The van der Waals surface area contributed by atoms with Gasteiger partial charge >= 0.3 is 5.97 Å². The van der Waals surface area contributed by atoms with Crippen molar-refractivity contribution in [3.63, 3.8) is 0 Å². The maximum atomic E-state index is 10.8. The Labute approximate surface area is 91.8 Å². The van der Waals surface area contributed by atoms with Crippen LogP contribution in [-0.2, 0) is 10.3 Å². The minimum atomic E-state index is -1.79. The van der Waals surface area contributed by atoms with E-state index in [0.717, 1.165) is 0 Å². The number of carbonyl (C=O) groups is 1. The summed E-state index contributed by atoms with van der Waals surface area (Å²) in [6.45, 7) is 1.38. The maximum Gasteiger partial charge on any atom is 0.333 e. The van der Waals surface area contributed by atoms with E-state index in [1.807, 2.05) is 0 Å². The van der Waals surface area contributed by atoms with E-state index in [1.165, 1.54) is 6.92 Å². The number of carboxylic acids is 1. The molecule has 1 aromatic carbocycles. The molecule has 0 saturated heterocycles. The van der Waals surface area contributed by atoms with Gasteiger partial charge in [-0.2, -0.15) is 0 Å². The SMILES string of the molecule is CC(N=[N+]=[N-])(c1ccccc1)C(O)C(=O)O. The van der Waals surface area contributed by atoms with Gasteiger partial charge in [0.2, 0.25) is 0 Å². The van der Waals surface area contributed by atoms with Gasteiger partial charge in [0, 0.05) is 4.91 Å². The van der Waals surface area contributed by atoms with Crippen molar-refractivity contribution in [2.45, 2.75) is 18.6 Å². The first kappa shape index (κ1) is 12.0. The molecule has 16 heavy (non-hydrogen) atoms. The number of aliphatic hydroxyl groups is 1. The zero-order valence-electron chi connectivity index (χ0n) is 8.61. The normalized spacial score (nSPS) is 15.6. The molecule has 6 nitrogen and oxygen atoms in total. The van der Waals surface area contributed by atoms with Crippen molar-refractivity contribution in [1.82, 2.24) is 0 Å². The Kier molecular flexibility index (Phi) is 3.50. The molecule has 0 aliphatic rings. The number of carboxylic acid groups (broad SMARTS) is 1. The number of rotatable bonds is 4. The van der Waals surface area contributed by atoms with Gasteiger partial charge in [0.25, 0.3) is 0 Å². The summed E-state index contributed by atoms with van der Waals surface area (Å²) in [5.41, 5.74) is 7.38. The molecule has 0 aliphatic carbocycles. The van der Waals surface area contributed by atoms with Crippen LogP contribution in [0, 0.1) is 0 Å². The van der Waals surface area contributed by atoms with E-state index in [4.69, 9.17) is 10.6 Å². The molecule has 1 rings (SSSR count). The number of aliphatic carboxylic acids is 1. The van der Waals surface area contributed by atoms with E-state index in [0.29, 0.717) is 5.56 Å². The molecule has 0 bridgehead atoms. The third-order valence-corrected chi connectivity index (χ3v) is 2.38. The van der Waals surface area contributed by atoms with Crippen molar-refractivity contribution in [2.75, 3.05) is 0 Å². The number of hydrogen-bond donors (Lipinski definition) is 2. The van der Waals surface area contributed by atoms with Gasteiger partial charge in [0.05, 0.1) is 0 Å². The van der Waals surface area contributed by atoms with E-state index >= 15 is 0 Å². The van der Waals surface area contributed by atoms with Crippen LogP contribution in [0.25, 0.3) is 10.4 Å². The van der Waals surface area contributed by atoms with E-state index in [1.54, 1.807) is 30.3 Å². The molecule has 0 saturated carbocycles. The summed E-state index contributed by atoms with van der Waals surface area (Å²) in [6.07, 6.45) is -1.79. The van der Waals surface area contributed by atoms with Crippen molar-refractivity contribution in [2.24, 2.45) is 5.11 Å². The van der Waals surface area contributed by atoms with Crippen molar-refractivity contribution >= 4 is 5.97 Å². The van der Waals surface area contributed by atoms with Crippen molar-refractivity contribution < 1.29 is 15.0 Å². The predicted octanol–water partition coefficient (Wildman–Crippen LogP) is 1.66. The minimum absolute atomic E-state index is 0.447. The van der Waals surface area contributed by atoms with Crippen LogP contribution in [0.3, 0.4) is 0 Å². The monoisotopic (exact) mass is 221 g/mol. The van der Waals surface area contributed by atoms with Gasteiger partial charge in [-0.25, -0.2) is 4.79 Å². The minimum Gasteiger partial charge on any atom is -0.479 e. The van der Waals surface area contributed by atoms with Crippen LogP contribution in [0.15, 0.2) is 35.4 Å². The van der Waals surface area contributed by atoms with Gasteiger partial charge in [0.15, 0.2) is 6.10 Å². The molecule has 0 aromatic heterocycles. The number of nitrogens with zero attached hydrogens (tertiary/aromatic N) is 3. The summed E-state index contributed by atoms with van der Waals surface area (Å²) < 4.78 is 0. The molecule has 0 fully saturated rings. The third kappa shape index (κ3) is 2.13. The molecular formula is C10H11N3O3. The highest BCUT2D eigenvalue weighted by Gasteiger charge is 2.38. The van der Waals surface area contributed by atoms with Crippen LogP contribution in [0.5, 0.6) is 0 Å². The van der Waals surface area contributed by atoms with Gasteiger partial charge in [-0.05, 0) is 18.0 Å². The molecular weight excluding hydrogens is 210 g/mol. The largest absolute Gasteiger partial charge is 0.479 e. The molecule has 2 unspecified atom stereocenters. The Morgan fingerprint density at radius 2 is 2.06 bits per heavy atom. The Morgan fingerprint density at radius 1 is 1.50 bits per heavy atom. The molecule has 1 aromatic rings. The van der Waals surface area contributed by atoms with Crippen LogP contribution in [0.1, 0.15) is 12.5 Å². The first-order chi connectivity index (χ1) is 7.52. The fraction of sp³-hybridized carbons (Fsp3) is 0.300. The summed E-state index contributed by atoms with van der Waals surface area (Å²) in [7, 11) is 0. The topological polar surface area (TPSA) is 106 Å². The lowest BCUT2D eigenvalue weighted by molar-refractivity contribution is -0.150. The standard InChI is InChI=1S/C10H11N3O3/c1-10(12-13-11,8(14)9(15)16)7-5-3-2-4-6-7/h2-6,8,14H,1H3,(H,15,16). The Hall–Kier alpha value is -2.04. The molecule has 0 heterocycles. The van der Waals surface area contributed by atoms with Crippen LogP contribution < -0.4 is 0 Å². The fourth-order valence-electron chi connectivity index (χ4n) is 1.38. The average molecular weight is 221 g/mol. The van der Waals surface area contributed by atoms with E-state index in [2.05, 4.69) is 10.0 Å². The quantitative estimate of drug-likeness (QED) is 0.458. The van der Waals surface area contributed by atoms with Crippen LogP contribution in [-0.4, -0.2) is 22.3 Å². The van der Waals surface area contributed by atoms with Gasteiger partial charge < -0.3 is 10.2 Å². The third-order valence-electron chi connectivity index (χ3n) is 2.38. The molecule has 6 heteroatoms. The summed E-state index contributed by atoms with van der Waals surface area (Å²) >= 11 is 0. The number of azide groups is 1.